The average Bonchev–Trinajstić information content (AvgIpc) is 3.19. The number of likely N-dealkylation sites (tertiary alicyclic amines) is 1. The molecule has 33 heavy (non-hydrogen) atoms. The van der Waals surface area contributed by atoms with Crippen molar-refractivity contribution >= 4 is 16.8 Å². The zero-order valence-corrected chi connectivity index (χ0v) is 19.9. The maximum Gasteiger partial charge on any atom is 0.267 e. The second kappa shape index (κ2) is 9.10. The summed E-state index contributed by atoms with van der Waals surface area (Å²) in [5.74, 6) is 1.07. The first-order chi connectivity index (χ1) is 15.7. The number of fused-ring (bicyclic) bond motifs is 1. The molecular formula is C27H35N3O3. The number of phenolic OH excluding ortho intramolecular Hbond substituents is 2. The molecule has 3 atom stereocenters. The lowest BCUT2D eigenvalue weighted by molar-refractivity contribution is 0.0812. The molecule has 1 amide bonds. The van der Waals surface area contributed by atoms with Gasteiger partial charge in [-0.05, 0) is 66.1 Å². The molecule has 0 bridgehead atoms. The van der Waals surface area contributed by atoms with E-state index in [1.807, 2.05) is 18.2 Å². The Hall–Kier alpha value is -2.99. The van der Waals surface area contributed by atoms with Gasteiger partial charge >= 0.3 is 0 Å². The number of phenols is 2. The number of aromatic nitrogens is 1. The highest BCUT2D eigenvalue weighted by Gasteiger charge is 2.38. The van der Waals surface area contributed by atoms with Gasteiger partial charge in [0.1, 0.15) is 17.2 Å². The molecule has 0 aliphatic carbocycles. The van der Waals surface area contributed by atoms with Crippen LogP contribution in [0.5, 0.6) is 11.5 Å². The average molecular weight is 450 g/mol. The number of benzene rings is 2. The Balaban J connectivity index is 1.42. The van der Waals surface area contributed by atoms with E-state index in [-0.39, 0.29) is 29.0 Å². The molecular weight excluding hydrogens is 414 g/mol. The Morgan fingerprint density at radius 3 is 2.64 bits per heavy atom. The summed E-state index contributed by atoms with van der Waals surface area (Å²) in [6.07, 6.45) is 1.00. The number of piperidine rings is 1. The molecule has 6 heteroatoms. The zero-order valence-electron chi connectivity index (χ0n) is 19.9. The van der Waals surface area contributed by atoms with Gasteiger partial charge < -0.3 is 25.4 Å². The van der Waals surface area contributed by atoms with Gasteiger partial charge in [0.25, 0.3) is 5.91 Å². The summed E-state index contributed by atoms with van der Waals surface area (Å²) in [6, 6.07) is 14.5. The van der Waals surface area contributed by atoms with Crippen LogP contribution in [0.3, 0.4) is 0 Å². The Kier molecular flexibility index (Phi) is 6.39. The van der Waals surface area contributed by atoms with Crippen LogP contribution in [0, 0.1) is 11.8 Å². The number of aromatic amines is 1. The van der Waals surface area contributed by atoms with E-state index in [1.165, 1.54) is 5.56 Å². The summed E-state index contributed by atoms with van der Waals surface area (Å²) in [5, 5.41) is 23.8. The molecule has 0 saturated carbocycles. The molecule has 1 aromatic heterocycles. The van der Waals surface area contributed by atoms with Gasteiger partial charge in [-0.15, -0.1) is 0 Å². The molecule has 2 aromatic carbocycles. The summed E-state index contributed by atoms with van der Waals surface area (Å²) in [6.45, 7) is 11.5. The van der Waals surface area contributed by atoms with Crippen LogP contribution < -0.4 is 5.32 Å². The SMILES string of the molecule is CC(C)[C@@H](CN1CC[C@@](C)(c2cccc(O)c2)[C@@H](C)C1)NC(=O)c1cc2ccc(O)cc2[nH]1. The lowest BCUT2D eigenvalue weighted by Crippen LogP contribution is -2.53. The number of aromatic hydroxyl groups is 2. The number of hydrogen-bond donors (Lipinski definition) is 4. The highest BCUT2D eigenvalue weighted by Crippen LogP contribution is 2.40. The van der Waals surface area contributed by atoms with Crippen LogP contribution in [0.2, 0.25) is 0 Å². The minimum Gasteiger partial charge on any atom is -0.508 e. The summed E-state index contributed by atoms with van der Waals surface area (Å²) >= 11 is 0. The quantitative estimate of drug-likeness (QED) is 0.442. The number of hydrogen-bond acceptors (Lipinski definition) is 4. The number of rotatable bonds is 6. The van der Waals surface area contributed by atoms with Crippen LogP contribution in [0.25, 0.3) is 10.9 Å². The minimum absolute atomic E-state index is 0.0156. The molecule has 4 N–H and O–H groups in total. The fourth-order valence-electron chi connectivity index (χ4n) is 4.96. The molecule has 0 spiro atoms. The van der Waals surface area contributed by atoms with Crippen LogP contribution in [-0.4, -0.2) is 51.7 Å². The van der Waals surface area contributed by atoms with Crippen LogP contribution in [0.1, 0.15) is 50.2 Å². The van der Waals surface area contributed by atoms with E-state index in [0.717, 1.165) is 37.0 Å². The maximum atomic E-state index is 13.0. The lowest BCUT2D eigenvalue weighted by Gasteiger charge is -2.46. The summed E-state index contributed by atoms with van der Waals surface area (Å²) < 4.78 is 0. The van der Waals surface area contributed by atoms with Crippen molar-refractivity contribution in [2.75, 3.05) is 19.6 Å². The predicted molar refractivity (Wildman–Crippen MR) is 132 cm³/mol. The van der Waals surface area contributed by atoms with E-state index in [9.17, 15) is 15.0 Å². The Morgan fingerprint density at radius 1 is 1.18 bits per heavy atom. The van der Waals surface area contributed by atoms with Gasteiger partial charge in [0, 0.05) is 36.1 Å². The van der Waals surface area contributed by atoms with E-state index in [2.05, 4.69) is 49.0 Å². The van der Waals surface area contributed by atoms with E-state index in [0.29, 0.717) is 17.4 Å². The largest absolute Gasteiger partial charge is 0.508 e. The number of nitrogens with zero attached hydrogens (tertiary/aromatic N) is 1. The van der Waals surface area contributed by atoms with Crippen molar-refractivity contribution in [1.82, 2.24) is 15.2 Å². The van der Waals surface area contributed by atoms with Crippen LogP contribution in [-0.2, 0) is 5.41 Å². The van der Waals surface area contributed by atoms with Crippen molar-refractivity contribution in [3.63, 3.8) is 0 Å². The molecule has 1 fully saturated rings. The second-order valence-electron chi connectivity index (χ2n) is 10.2. The van der Waals surface area contributed by atoms with Crippen LogP contribution in [0.4, 0.5) is 0 Å². The molecule has 2 heterocycles. The van der Waals surface area contributed by atoms with Gasteiger partial charge in [-0.25, -0.2) is 0 Å². The van der Waals surface area contributed by atoms with Gasteiger partial charge in [-0.1, -0.05) is 39.8 Å². The topological polar surface area (TPSA) is 88.6 Å². The zero-order chi connectivity index (χ0) is 23.8. The fourth-order valence-corrected chi connectivity index (χ4v) is 4.96. The number of amides is 1. The standard InChI is InChI=1S/C27H35N3O3/c1-17(2)25(29-26(33)24-12-19-8-9-22(32)14-23(19)28-24)16-30-11-10-27(4,18(3)15-30)20-6-5-7-21(31)13-20/h5-9,12-14,17-18,25,28,31-32H,10-11,15-16H2,1-4H3,(H,29,33)/t18-,25+,27+/m0/s1. The maximum absolute atomic E-state index is 13.0. The van der Waals surface area contributed by atoms with Crippen LogP contribution in [0.15, 0.2) is 48.5 Å². The first kappa shape index (κ1) is 23.2. The summed E-state index contributed by atoms with van der Waals surface area (Å²) in [7, 11) is 0. The number of nitrogens with one attached hydrogen (secondary N) is 2. The molecule has 1 aliphatic rings. The molecule has 6 nitrogen and oxygen atoms in total. The highest BCUT2D eigenvalue weighted by molar-refractivity contribution is 5.98. The number of carbonyl (C=O) groups is 1. The van der Waals surface area contributed by atoms with Gasteiger partial charge in [0.05, 0.1) is 0 Å². The molecule has 0 radical (unpaired) electrons. The molecule has 1 saturated heterocycles. The van der Waals surface area contributed by atoms with Crippen molar-refractivity contribution in [1.29, 1.82) is 0 Å². The van der Waals surface area contributed by atoms with Gasteiger partial charge in [0.15, 0.2) is 0 Å². The first-order valence-corrected chi connectivity index (χ1v) is 11.8. The Bertz CT molecular complexity index is 1140. The fraction of sp³-hybridized carbons (Fsp3) is 0.444. The number of H-pyrrole nitrogens is 1. The van der Waals surface area contributed by atoms with E-state index in [4.69, 9.17) is 0 Å². The number of carbonyl (C=O) groups excluding carboxylic acids is 1. The summed E-state index contributed by atoms with van der Waals surface area (Å²) in [5.41, 5.74) is 2.46. The van der Waals surface area contributed by atoms with Gasteiger partial charge in [-0.2, -0.15) is 0 Å². The Labute approximate surface area is 195 Å². The van der Waals surface area contributed by atoms with Crippen molar-refractivity contribution < 1.29 is 15.0 Å². The molecule has 4 rings (SSSR count). The van der Waals surface area contributed by atoms with Crippen molar-refractivity contribution in [3.05, 3.63) is 59.8 Å². The summed E-state index contributed by atoms with van der Waals surface area (Å²) in [4.78, 5) is 18.6. The second-order valence-corrected chi connectivity index (χ2v) is 10.2. The lowest BCUT2D eigenvalue weighted by atomic mass is 9.68. The highest BCUT2D eigenvalue weighted by atomic mass is 16.3. The normalized spacial score (nSPS) is 22.5. The monoisotopic (exact) mass is 449 g/mol. The van der Waals surface area contributed by atoms with Crippen molar-refractivity contribution in [2.24, 2.45) is 11.8 Å². The third kappa shape index (κ3) is 4.86. The predicted octanol–water partition coefficient (Wildman–Crippen LogP) is 4.63. The van der Waals surface area contributed by atoms with Crippen LogP contribution >= 0.6 is 0 Å². The van der Waals surface area contributed by atoms with E-state index >= 15 is 0 Å². The van der Waals surface area contributed by atoms with Gasteiger partial charge in [-0.3, -0.25) is 4.79 Å². The molecule has 3 aromatic rings. The molecule has 176 valence electrons. The molecule has 1 aliphatic heterocycles. The smallest absolute Gasteiger partial charge is 0.267 e. The third-order valence-corrected chi connectivity index (χ3v) is 7.50. The first-order valence-electron chi connectivity index (χ1n) is 11.8. The van der Waals surface area contributed by atoms with Gasteiger partial charge in [0.2, 0.25) is 0 Å². The van der Waals surface area contributed by atoms with E-state index < -0.39 is 0 Å². The third-order valence-electron chi connectivity index (χ3n) is 7.50. The van der Waals surface area contributed by atoms with Crippen molar-refractivity contribution in [2.45, 2.75) is 45.6 Å². The molecule has 0 unspecified atom stereocenters. The Morgan fingerprint density at radius 2 is 1.94 bits per heavy atom. The minimum atomic E-state index is -0.126. The van der Waals surface area contributed by atoms with Crippen molar-refractivity contribution in [3.8, 4) is 11.5 Å². The van der Waals surface area contributed by atoms with E-state index in [1.54, 1.807) is 24.3 Å².